The second-order valence-corrected chi connectivity index (χ2v) is 4.90. The van der Waals surface area contributed by atoms with Crippen LogP contribution in [0.25, 0.3) is 0 Å². The fraction of sp³-hybridized carbons (Fsp3) is 0.429. The summed E-state index contributed by atoms with van der Waals surface area (Å²) in [6, 6.07) is 3.36. The normalized spacial score (nSPS) is 18.0. The van der Waals surface area contributed by atoms with Crippen molar-refractivity contribution in [3.05, 3.63) is 29.8 Å². The summed E-state index contributed by atoms with van der Waals surface area (Å²) in [4.78, 5) is 25.3. The van der Waals surface area contributed by atoms with Gasteiger partial charge in [0.05, 0.1) is 11.3 Å². The minimum Gasteiger partial charge on any atom is -0.323 e. The van der Waals surface area contributed by atoms with Crippen LogP contribution in [0.4, 0.5) is 23.7 Å². The number of hydrogen-bond donors (Lipinski definition) is 1. The van der Waals surface area contributed by atoms with Crippen molar-refractivity contribution in [1.82, 2.24) is 5.32 Å². The van der Waals surface area contributed by atoms with Gasteiger partial charge in [-0.05, 0) is 37.1 Å². The number of amides is 3. The first kappa shape index (κ1) is 15.3. The van der Waals surface area contributed by atoms with Crippen LogP contribution < -0.4 is 10.2 Å². The first-order valence-electron chi connectivity index (χ1n) is 6.59. The number of rotatable bonds is 3. The Morgan fingerprint density at radius 1 is 1.10 bits per heavy atom. The van der Waals surface area contributed by atoms with Gasteiger partial charge >= 0.3 is 12.2 Å². The summed E-state index contributed by atoms with van der Waals surface area (Å²) in [6.07, 6.45) is -3.61. The van der Waals surface area contributed by atoms with Gasteiger partial charge in [0.1, 0.15) is 5.54 Å². The van der Waals surface area contributed by atoms with Crippen molar-refractivity contribution >= 4 is 17.6 Å². The van der Waals surface area contributed by atoms with Crippen molar-refractivity contribution in [3.63, 3.8) is 0 Å². The predicted octanol–water partition coefficient (Wildman–Crippen LogP) is 3.32. The van der Waals surface area contributed by atoms with Crippen LogP contribution in [0.2, 0.25) is 0 Å². The summed E-state index contributed by atoms with van der Waals surface area (Å²) in [5.74, 6) is -0.433. The maximum atomic E-state index is 12.5. The molecule has 0 unspecified atom stereocenters. The Morgan fingerprint density at radius 2 is 1.62 bits per heavy atom. The van der Waals surface area contributed by atoms with Crippen molar-refractivity contribution in [2.75, 3.05) is 4.90 Å². The molecule has 1 aromatic carbocycles. The molecule has 1 saturated heterocycles. The van der Waals surface area contributed by atoms with Crippen molar-refractivity contribution < 1.29 is 22.8 Å². The molecule has 0 aromatic heterocycles. The average molecular weight is 300 g/mol. The van der Waals surface area contributed by atoms with Crippen molar-refractivity contribution in [2.24, 2.45) is 0 Å². The maximum absolute atomic E-state index is 12.5. The van der Waals surface area contributed by atoms with E-state index in [0.717, 1.165) is 29.2 Å². The topological polar surface area (TPSA) is 49.4 Å². The fourth-order valence-corrected chi connectivity index (χ4v) is 2.38. The van der Waals surface area contributed by atoms with Gasteiger partial charge in [-0.15, -0.1) is 0 Å². The third-order valence-electron chi connectivity index (χ3n) is 3.82. The zero-order valence-electron chi connectivity index (χ0n) is 11.6. The van der Waals surface area contributed by atoms with E-state index in [-0.39, 0.29) is 5.69 Å². The van der Waals surface area contributed by atoms with Crippen LogP contribution in [-0.4, -0.2) is 17.5 Å². The highest BCUT2D eigenvalue weighted by molar-refractivity contribution is 6.23. The van der Waals surface area contributed by atoms with Gasteiger partial charge < -0.3 is 5.32 Å². The summed E-state index contributed by atoms with van der Waals surface area (Å²) < 4.78 is 37.6. The van der Waals surface area contributed by atoms with Crippen LogP contribution >= 0.6 is 0 Å². The molecular formula is C14H15F3N2O2. The Balaban J connectivity index is 2.34. The molecule has 1 aliphatic heterocycles. The van der Waals surface area contributed by atoms with Crippen LogP contribution in [0.1, 0.15) is 32.3 Å². The van der Waals surface area contributed by atoms with E-state index in [4.69, 9.17) is 0 Å². The van der Waals surface area contributed by atoms with Crippen LogP contribution in [0.15, 0.2) is 24.3 Å². The first-order chi connectivity index (χ1) is 9.75. The maximum Gasteiger partial charge on any atom is 0.416 e. The number of hydrogen-bond acceptors (Lipinski definition) is 2. The molecule has 7 heteroatoms. The standard InChI is InChI=1S/C14H15F3N2O2/c1-3-13(4-2)11(20)19(12(21)18-13)10-7-5-9(6-8-10)14(15,16)17/h5-8H,3-4H2,1-2H3,(H,18,21). The zero-order chi connectivity index (χ0) is 15.8. The lowest BCUT2D eigenvalue weighted by atomic mass is 9.93. The van der Waals surface area contributed by atoms with Gasteiger partial charge in [0, 0.05) is 0 Å². The molecule has 0 bridgehead atoms. The van der Waals surface area contributed by atoms with E-state index < -0.39 is 29.2 Å². The Morgan fingerprint density at radius 3 is 2.00 bits per heavy atom. The van der Waals surface area contributed by atoms with Crippen LogP contribution in [0.5, 0.6) is 0 Å². The van der Waals surface area contributed by atoms with Gasteiger partial charge in [-0.2, -0.15) is 13.2 Å². The number of carbonyl (C=O) groups excluding carboxylic acids is 2. The highest BCUT2D eigenvalue weighted by Crippen LogP contribution is 2.33. The van der Waals surface area contributed by atoms with E-state index in [0.29, 0.717) is 12.8 Å². The van der Waals surface area contributed by atoms with Gasteiger partial charge in [0.15, 0.2) is 0 Å². The molecule has 4 nitrogen and oxygen atoms in total. The molecule has 21 heavy (non-hydrogen) atoms. The highest BCUT2D eigenvalue weighted by Gasteiger charge is 2.49. The van der Waals surface area contributed by atoms with Gasteiger partial charge in [0.2, 0.25) is 0 Å². The number of alkyl halides is 3. The monoisotopic (exact) mass is 300 g/mol. The van der Waals surface area contributed by atoms with Gasteiger partial charge in [-0.1, -0.05) is 13.8 Å². The molecule has 0 spiro atoms. The summed E-state index contributed by atoms with van der Waals surface area (Å²) >= 11 is 0. The molecule has 114 valence electrons. The number of urea groups is 1. The summed E-state index contributed by atoms with van der Waals surface area (Å²) in [6.45, 7) is 3.55. The molecule has 3 amide bonds. The van der Waals surface area contributed by atoms with Gasteiger partial charge in [-0.25, -0.2) is 9.69 Å². The van der Waals surface area contributed by atoms with E-state index in [1.807, 2.05) is 0 Å². The van der Waals surface area contributed by atoms with E-state index in [1.165, 1.54) is 0 Å². The predicted molar refractivity (Wildman–Crippen MR) is 70.8 cm³/mol. The van der Waals surface area contributed by atoms with Crippen molar-refractivity contribution in [3.8, 4) is 0 Å². The van der Waals surface area contributed by atoms with Gasteiger partial charge in [0.25, 0.3) is 5.91 Å². The summed E-state index contributed by atoms with van der Waals surface area (Å²) in [5, 5.41) is 2.63. The number of halogens is 3. The Bertz CT molecular complexity index is 563. The molecule has 0 radical (unpaired) electrons. The zero-order valence-corrected chi connectivity index (χ0v) is 11.6. The van der Waals surface area contributed by atoms with Gasteiger partial charge in [-0.3, -0.25) is 4.79 Å². The second kappa shape index (κ2) is 5.05. The summed E-state index contributed by atoms with van der Waals surface area (Å²) in [7, 11) is 0. The minimum atomic E-state index is -4.45. The van der Waals surface area contributed by atoms with E-state index in [2.05, 4.69) is 5.32 Å². The molecule has 1 heterocycles. The third kappa shape index (κ3) is 2.48. The van der Waals surface area contributed by atoms with Crippen LogP contribution in [-0.2, 0) is 11.0 Å². The molecule has 1 N–H and O–H groups in total. The molecule has 1 fully saturated rings. The van der Waals surface area contributed by atoms with Crippen LogP contribution in [0.3, 0.4) is 0 Å². The average Bonchev–Trinajstić information content (AvgIpc) is 2.69. The number of carbonyl (C=O) groups is 2. The lowest BCUT2D eigenvalue weighted by Gasteiger charge is -2.23. The molecule has 1 aliphatic rings. The number of imide groups is 1. The smallest absolute Gasteiger partial charge is 0.323 e. The number of anilines is 1. The quantitative estimate of drug-likeness (QED) is 0.871. The summed E-state index contributed by atoms with van der Waals surface area (Å²) in [5.41, 5.74) is -1.66. The molecular weight excluding hydrogens is 285 g/mol. The second-order valence-electron chi connectivity index (χ2n) is 4.90. The van der Waals surface area contributed by atoms with Crippen molar-refractivity contribution in [1.29, 1.82) is 0 Å². The van der Waals surface area contributed by atoms with Crippen molar-refractivity contribution in [2.45, 2.75) is 38.4 Å². The molecule has 0 saturated carbocycles. The number of benzene rings is 1. The number of nitrogens with zero attached hydrogens (tertiary/aromatic N) is 1. The highest BCUT2D eigenvalue weighted by atomic mass is 19.4. The number of nitrogens with one attached hydrogen (secondary N) is 1. The molecule has 1 aromatic rings. The largest absolute Gasteiger partial charge is 0.416 e. The SMILES string of the molecule is CCC1(CC)NC(=O)N(c2ccc(C(F)(F)F)cc2)C1=O. The van der Waals surface area contributed by atoms with E-state index >= 15 is 0 Å². The lowest BCUT2D eigenvalue weighted by molar-refractivity contribution is -0.137. The third-order valence-corrected chi connectivity index (χ3v) is 3.82. The molecule has 2 rings (SSSR count). The Kier molecular flexibility index (Phi) is 3.69. The van der Waals surface area contributed by atoms with E-state index in [9.17, 15) is 22.8 Å². The molecule has 0 atom stereocenters. The van der Waals surface area contributed by atoms with Crippen LogP contribution in [0, 0.1) is 0 Å². The Hall–Kier alpha value is -2.05. The first-order valence-corrected chi connectivity index (χ1v) is 6.59. The molecule has 0 aliphatic carbocycles. The minimum absolute atomic E-state index is 0.134. The van der Waals surface area contributed by atoms with E-state index in [1.54, 1.807) is 13.8 Å². The Labute approximate surface area is 119 Å². The lowest BCUT2D eigenvalue weighted by Crippen LogP contribution is -2.45. The fourth-order valence-electron chi connectivity index (χ4n) is 2.38.